The Bertz CT molecular complexity index is 430. The second kappa shape index (κ2) is 6.93. The van der Waals surface area contributed by atoms with Crippen LogP contribution in [0.3, 0.4) is 0 Å². The summed E-state index contributed by atoms with van der Waals surface area (Å²) in [5.41, 5.74) is 2.10. The zero-order valence-electron chi connectivity index (χ0n) is 13.5. The van der Waals surface area contributed by atoms with E-state index in [4.69, 9.17) is 0 Å². The monoisotopic (exact) mass is 286 g/mol. The maximum atomic E-state index is 3.66. The van der Waals surface area contributed by atoms with Crippen LogP contribution in [-0.2, 0) is 6.42 Å². The normalized spacial score (nSPS) is 31.2. The standard InChI is InChI=1S/C19H30N2/c1-2-21-13-6-9-19(11-14-21)10-12-20-16-18(19)15-17-7-4-3-5-8-17/h3-5,7-8,18,20H,2,6,9-16H2,1H3. The third kappa shape index (κ3) is 3.49. The van der Waals surface area contributed by atoms with E-state index in [0.717, 1.165) is 5.92 Å². The first-order valence-corrected chi connectivity index (χ1v) is 8.79. The number of hydrogen-bond donors (Lipinski definition) is 1. The smallest absolute Gasteiger partial charge is 0.00120 e. The maximum Gasteiger partial charge on any atom is -0.00120 e. The summed E-state index contributed by atoms with van der Waals surface area (Å²) in [5, 5.41) is 3.66. The van der Waals surface area contributed by atoms with Gasteiger partial charge in [-0.1, -0.05) is 37.3 Å². The Kier molecular flexibility index (Phi) is 4.97. The van der Waals surface area contributed by atoms with Gasteiger partial charge in [-0.25, -0.2) is 0 Å². The van der Waals surface area contributed by atoms with Crippen LogP contribution in [0.25, 0.3) is 0 Å². The molecular weight excluding hydrogens is 256 g/mol. The average molecular weight is 286 g/mol. The molecule has 1 N–H and O–H groups in total. The van der Waals surface area contributed by atoms with Gasteiger partial charge in [-0.05, 0) is 81.7 Å². The molecule has 116 valence electrons. The van der Waals surface area contributed by atoms with Gasteiger partial charge in [0, 0.05) is 0 Å². The minimum Gasteiger partial charge on any atom is -0.316 e. The van der Waals surface area contributed by atoms with Crippen LogP contribution >= 0.6 is 0 Å². The van der Waals surface area contributed by atoms with Crippen LogP contribution in [0.2, 0.25) is 0 Å². The third-order valence-corrected chi connectivity index (χ3v) is 5.90. The van der Waals surface area contributed by atoms with Crippen molar-refractivity contribution in [1.82, 2.24) is 10.2 Å². The molecule has 2 heteroatoms. The highest BCUT2D eigenvalue weighted by atomic mass is 15.1. The van der Waals surface area contributed by atoms with E-state index >= 15 is 0 Å². The third-order valence-electron chi connectivity index (χ3n) is 5.90. The molecule has 2 aliphatic heterocycles. The van der Waals surface area contributed by atoms with E-state index in [2.05, 4.69) is 47.5 Å². The summed E-state index contributed by atoms with van der Waals surface area (Å²) in [7, 11) is 0. The van der Waals surface area contributed by atoms with Gasteiger partial charge >= 0.3 is 0 Å². The molecule has 0 radical (unpaired) electrons. The molecule has 0 amide bonds. The summed E-state index contributed by atoms with van der Waals surface area (Å²) in [6, 6.07) is 11.1. The molecule has 2 aliphatic rings. The zero-order chi connectivity index (χ0) is 14.5. The molecule has 1 aromatic rings. The summed E-state index contributed by atoms with van der Waals surface area (Å²) in [6.45, 7) is 8.57. The predicted molar refractivity (Wildman–Crippen MR) is 89.5 cm³/mol. The van der Waals surface area contributed by atoms with Crippen LogP contribution in [0.15, 0.2) is 30.3 Å². The van der Waals surface area contributed by atoms with Gasteiger partial charge in [0.2, 0.25) is 0 Å². The Morgan fingerprint density at radius 1 is 1.14 bits per heavy atom. The summed E-state index contributed by atoms with van der Waals surface area (Å²) in [5.74, 6) is 0.811. The van der Waals surface area contributed by atoms with E-state index in [-0.39, 0.29) is 0 Å². The highest BCUT2D eigenvalue weighted by Gasteiger charge is 2.41. The first-order valence-electron chi connectivity index (χ1n) is 8.79. The van der Waals surface area contributed by atoms with Crippen molar-refractivity contribution in [3.63, 3.8) is 0 Å². The van der Waals surface area contributed by atoms with Gasteiger partial charge in [0.25, 0.3) is 0 Å². The van der Waals surface area contributed by atoms with Gasteiger partial charge in [-0.2, -0.15) is 0 Å². The van der Waals surface area contributed by atoms with Gasteiger partial charge in [-0.15, -0.1) is 0 Å². The van der Waals surface area contributed by atoms with Crippen molar-refractivity contribution in [2.45, 2.75) is 39.0 Å². The van der Waals surface area contributed by atoms with E-state index in [1.54, 1.807) is 0 Å². The Balaban J connectivity index is 1.74. The largest absolute Gasteiger partial charge is 0.316 e. The van der Waals surface area contributed by atoms with Crippen LogP contribution in [0.5, 0.6) is 0 Å². The molecule has 2 fully saturated rings. The fraction of sp³-hybridized carbons (Fsp3) is 0.684. The highest BCUT2D eigenvalue weighted by molar-refractivity contribution is 5.16. The number of piperidine rings is 1. The maximum absolute atomic E-state index is 3.66. The van der Waals surface area contributed by atoms with Crippen LogP contribution in [-0.4, -0.2) is 37.6 Å². The number of likely N-dealkylation sites (tertiary alicyclic amines) is 1. The van der Waals surface area contributed by atoms with Crippen molar-refractivity contribution in [3.05, 3.63) is 35.9 Å². The average Bonchev–Trinajstić information content (AvgIpc) is 2.74. The minimum absolute atomic E-state index is 0.588. The minimum atomic E-state index is 0.588. The number of benzene rings is 1. The molecule has 0 aliphatic carbocycles. The van der Waals surface area contributed by atoms with Gasteiger partial charge in [0.1, 0.15) is 0 Å². The van der Waals surface area contributed by atoms with E-state index in [0.29, 0.717) is 5.41 Å². The van der Waals surface area contributed by atoms with Crippen molar-refractivity contribution in [2.75, 3.05) is 32.7 Å². The lowest BCUT2D eigenvalue weighted by molar-refractivity contribution is 0.0861. The molecule has 3 rings (SSSR count). The fourth-order valence-corrected chi connectivity index (χ4v) is 4.47. The number of nitrogens with zero attached hydrogens (tertiary/aromatic N) is 1. The van der Waals surface area contributed by atoms with Gasteiger partial charge in [-0.3, -0.25) is 0 Å². The topological polar surface area (TPSA) is 15.3 Å². The van der Waals surface area contributed by atoms with E-state index in [1.165, 1.54) is 70.4 Å². The second-order valence-electron chi connectivity index (χ2n) is 6.99. The SMILES string of the molecule is CCN1CCCC2(CCNCC2Cc2ccccc2)CC1. The zero-order valence-corrected chi connectivity index (χ0v) is 13.5. The van der Waals surface area contributed by atoms with Crippen molar-refractivity contribution in [2.24, 2.45) is 11.3 Å². The molecule has 2 unspecified atom stereocenters. The van der Waals surface area contributed by atoms with Crippen molar-refractivity contribution >= 4 is 0 Å². The van der Waals surface area contributed by atoms with E-state index < -0.39 is 0 Å². The number of hydrogen-bond acceptors (Lipinski definition) is 2. The summed E-state index contributed by atoms with van der Waals surface area (Å²) < 4.78 is 0. The lowest BCUT2D eigenvalue weighted by Gasteiger charge is -2.45. The fourth-order valence-electron chi connectivity index (χ4n) is 4.47. The van der Waals surface area contributed by atoms with Crippen LogP contribution in [0.1, 0.15) is 38.2 Å². The van der Waals surface area contributed by atoms with Gasteiger partial charge in [0.05, 0.1) is 0 Å². The van der Waals surface area contributed by atoms with Crippen molar-refractivity contribution in [1.29, 1.82) is 0 Å². The van der Waals surface area contributed by atoms with Crippen molar-refractivity contribution < 1.29 is 0 Å². The van der Waals surface area contributed by atoms with Crippen LogP contribution < -0.4 is 5.32 Å². The molecule has 21 heavy (non-hydrogen) atoms. The Hall–Kier alpha value is -0.860. The molecule has 2 atom stereocenters. The van der Waals surface area contributed by atoms with Crippen molar-refractivity contribution in [3.8, 4) is 0 Å². The highest BCUT2D eigenvalue weighted by Crippen LogP contribution is 2.44. The second-order valence-corrected chi connectivity index (χ2v) is 6.99. The molecular formula is C19H30N2. The predicted octanol–water partition coefficient (Wildman–Crippen LogP) is 3.33. The molecule has 0 bridgehead atoms. The van der Waals surface area contributed by atoms with E-state index in [9.17, 15) is 0 Å². The molecule has 2 heterocycles. The van der Waals surface area contributed by atoms with Gasteiger partial charge in [0.15, 0.2) is 0 Å². The first-order chi connectivity index (χ1) is 10.3. The number of rotatable bonds is 3. The quantitative estimate of drug-likeness (QED) is 0.917. The molecule has 2 saturated heterocycles. The summed E-state index contributed by atoms with van der Waals surface area (Å²) in [6.07, 6.45) is 6.85. The lowest BCUT2D eigenvalue weighted by atomic mass is 9.64. The molecule has 1 spiro atoms. The Labute approximate surface area is 129 Å². The summed E-state index contributed by atoms with van der Waals surface area (Å²) in [4.78, 5) is 2.65. The van der Waals surface area contributed by atoms with Gasteiger partial charge < -0.3 is 10.2 Å². The molecule has 0 aromatic heterocycles. The molecule has 2 nitrogen and oxygen atoms in total. The Morgan fingerprint density at radius 3 is 2.81 bits per heavy atom. The Morgan fingerprint density at radius 2 is 2.00 bits per heavy atom. The molecule has 1 aromatic carbocycles. The molecule has 0 saturated carbocycles. The number of nitrogens with one attached hydrogen (secondary N) is 1. The lowest BCUT2D eigenvalue weighted by Crippen LogP contribution is -2.46. The summed E-state index contributed by atoms with van der Waals surface area (Å²) >= 11 is 0. The van der Waals surface area contributed by atoms with Crippen LogP contribution in [0, 0.1) is 11.3 Å². The first kappa shape index (κ1) is 15.1. The van der Waals surface area contributed by atoms with Crippen LogP contribution in [0.4, 0.5) is 0 Å². The van der Waals surface area contributed by atoms with E-state index in [1.807, 2.05) is 0 Å².